The van der Waals surface area contributed by atoms with Gasteiger partial charge in [0.25, 0.3) is 0 Å². The number of hydrogen-bond donors (Lipinski definition) is 2. The number of halogens is 1. The van der Waals surface area contributed by atoms with Crippen molar-refractivity contribution in [2.75, 3.05) is 43.9 Å². The highest BCUT2D eigenvalue weighted by Crippen LogP contribution is 2.28. The number of ether oxygens (including phenoxy) is 1. The van der Waals surface area contributed by atoms with Crippen LogP contribution < -0.4 is 15.4 Å². The summed E-state index contributed by atoms with van der Waals surface area (Å²) in [6, 6.07) is 6.79. The molecule has 136 valence electrons. The molecule has 1 saturated heterocycles. The highest BCUT2D eigenvalue weighted by molar-refractivity contribution is 5.82. The zero-order valence-corrected chi connectivity index (χ0v) is 14.8. The van der Waals surface area contributed by atoms with Crippen molar-refractivity contribution in [1.29, 1.82) is 0 Å². The molecule has 0 amide bonds. The van der Waals surface area contributed by atoms with Gasteiger partial charge >= 0.3 is 6.01 Å². The Kier molecular flexibility index (Phi) is 4.12. The van der Waals surface area contributed by atoms with E-state index < -0.39 is 0 Å². The molecule has 1 fully saturated rings. The van der Waals surface area contributed by atoms with E-state index in [1.807, 2.05) is 13.0 Å². The molecular weight excluding hydrogens is 335 g/mol. The summed E-state index contributed by atoms with van der Waals surface area (Å²) in [6.45, 7) is 5.50. The second kappa shape index (κ2) is 6.45. The first-order valence-corrected chi connectivity index (χ1v) is 8.53. The molecule has 0 radical (unpaired) electrons. The van der Waals surface area contributed by atoms with Crippen molar-refractivity contribution in [3.8, 4) is 11.8 Å². The SMILES string of the molecule is Cc1cc2cc(Oc3nc(N)cc(N4CCN(C)CC4)n3)cc(F)c2[nH]1. The Morgan fingerprint density at radius 2 is 1.88 bits per heavy atom. The van der Waals surface area contributed by atoms with Gasteiger partial charge in [-0.05, 0) is 26.1 Å². The minimum atomic E-state index is -0.381. The number of anilines is 2. The van der Waals surface area contributed by atoms with Crippen LogP contribution in [-0.4, -0.2) is 53.1 Å². The molecule has 8 heteroatoms. The molecule has 26 heavy (non-hydrogen) atoms. The topological polar surface area (TPSA) is 83.3 Å². The van der Waals surface area contributed by atoms with Gasteiger partial charge in [0.05, 0.1) is 5.52 Å². The molecule has 7 nitrogen and oxygen atoms in total. The van der Waals surface area contributed by atoms with Gasteiger partial charge < -0.3 is 25.3 Å². The minimum absolute atomic E-state index is 0.116. The van der Waals surface area contributed by atoms with Crippen molar-refractivity contribution in [2.24, 2.45) is 0 Å². The fourth-order valence-electron chi connectivity index (χ4n) is 3.15. The lowest BCUT2D eigenvalue weighted by Crippen LogP contribution is -2.44. The first-order valence-electron chi connectivity index (χ1n) is 8.53. The number of piperazine rings is 1. The van der Waals surface area contributed by atoms with Crippen molar-refractivity contribution >= 4 is 22.5 Å². The Morgan fingerprint density at radius 3 is 2.65 bits per heavy atom. The first kappa shape index (κ1) is 16.6. The van der Waals surface area contributed by atoms with Gasteiger partial charge in [0.1, 0.15) is 17.4 Å². The average Bonchev–Trinajstić information content (AvgIpc) is 2.96. The molecule has 0 bridgehead atoms. The van der Waals surface area contributed by atoms with Crippen LogP contribution in [0.5, 0.6) is 11.8 Å². The predicted octanol–water partition coefficient (Wildman–Crippen LogP) is 2.53. The monoisotopic (exact) mass is 356 g/mol. The zero-order valence-electron chi connectivity index (χ0n) is 14.8. The maximum atomic E-state index is 14.3. The maximum Gasteiger partial charge on any atom is 0.325 e. The molecule has 3 heterocycles. The van der Waals surface area contributed by atoms with Crippen molar-refractivity contribution in [2.45, 2.75) is 6.92 Å². The van der Waals surface area contributed by atoms with Crippen molar-refractivity contribution in [3.05, 3.63) is 35.8 Å². The lowest BCUT2D eigenvalue weighted by molar-refractivity contribution is 0.311. The predicted molar refractivity (Wildman–Crippen MR) is 99.2 cm³/mol. The van der Waals surface area contributed by atoms with Crippen LogP contribution in [0.15, 0.2) is 24.3 Å². The van der Waals surface area contributed by atoms with Gasteiger partial charge in [-0.2, -0.15) is 9.97 Å². The van der Waals surface area contributed by atoms with Crippen molar-refractivity contribution in [3.63, 3.8) is 0 Å². The summed E-state index contributed by atoms with van der Waals surface area (Å²) in [6.07, 6.45) is 0. The van der Waals surface area contributed by atoms with Crippen molar-refractivity contribution in [1.82, 2.24) is 19.9 Å². The first-order chi connectivity index (χ1) is 12.5. The summed E-state index contributed by atoms with van der Waals surface area (Å²) in [4.78, 5) is 16.0. The number of rotatable bonds is 3. The third-order valence-electron chi connectivity index (χ3n) is 4.54. The summed E-state index contributed by atoms with van der Waals surface area (Å²) in [7, 11) is 2.09. The fraction of sp³-hybridized carbons (Fsp3) is 0.333. The Balaban J connectivity index is 1.62. The van der Waals surface area contributed by atoms with E-state index in [0.717, 1.165) is 43.1 Å². The molecule has 2 aromatic heterocycles. The normalized spacial score (nSPS) is 15.6. The van der Waals surface area contributed by atoms with Crippen LogP contribution in [0.3, 0.4) is 0 Å². The number of nitrogens with zero attached hydrogens (tertiary/aromatic N) is 4. The number of aromatic nitrogens is 3. The third-order valence-corrected chi connectivity index (χ3v) is 4.54. The van der Waals surface area contributed by atoms with Crippen LogP contribution in [0.4, 0.5) is 16.0 Å². The Morgan fingerprint density at radius 1 is 1.12 bits per heavy atom. The fourth-order valence-corrected chi connectivity index (χ4v) is 3.15. The number of hydrogen-bond acceptors (Lipinski definition) is 6. The van der Waals surface area contributed by atoms with Crippen molar-refractivity contribution < 1.29 is 9.13 Å². The summed E-state index contributed by atoms with van der Waals surface area (Å²) in [5.41, 5.74) is 7.27. The van der Waals surface area contributed by atoms with Gasteiger partial charge in [0.15, 0.2) is 5.82 Å². The molecule has 1 aromatic carbocycles. The molecule has 3 N–H and O–H groups in total. The molecule has 0 aliphatic carbocycles. The molecule has 1 aliphatic rings. The van der Waals surface area contributed by atoms with E-state index in [1.54, 1.807) is 12.1 Å². The summed E-state index contributed by atoms with van der Waals surface area (Å²) in [5.74, 6) is 1.00. The lowest BCUT2D eigenvalue weighted by Gasteiger charge is -2.33. The average molecular weight is 356 g/mol. The highest BCUT2D eigenvalue weighted by Gasteiger charge is 2.17. The minimum Gasteiger partial charge on any atom is -0.424 e. The molecule has 0 unspecified atom stereocenters. The number of benzene rings is 1. The van der Waals surface area contributed by atoms with Gasteiger partial charge in [-0.25, -0.2) is 4.39 Å². The standard InChI is InChI=1S/C18H21FN6O/c1-11-7-12-8-13(9-14(19)17(12)21-11)26-18-22-15(20)10-16(23-18)25-5-3-24(2)4-6-25/h7-10,21H,3-6H2,1-2H3,(H2,20,22,23). The smallest absolute Gasteiger partial charge is 0.325 e. The molecule has 1 aliphatic heterocycles. The van der Waals surface area contributed by atoms with E-state index in [-0.39, 0.29) is 11.8 Å². The highest BCUT2D eigenvalue weighted by atomic mass is 19.1. The molecule has 0 spiro atoms. The number of nitrogen functional groups attached to an aromatic ring is 1. The Hall–Kier alpha value is -2.87. The van der Waals surface area contributed by atoms with Crippen LogP contribution in [0.1, 0.15) is 5.69 Å². The van der Waals surface area contributed by atoms with E-state index in [4.69, 9.17) is 10.5 Å². The Labute approximate surface area is 150 Å². The number of fused-ring (bicyclic) bond motifs is 1. The molecule has 0 atom stereocenters. The largest absolute Gasteiger partial charge is 0.424 e. The van der Waals surface area contributed by atoms with E-state index in [0.29, 0.717) is 17.1 Å². The van der Waals surface area contributed by atoms with Gasteiger partial charge in [0, 0.05) is 49.4 Å². The Bertz CT molecular complexity index is 948. The van der Waals surface area contributed by atoms with Crippen LogP contribution in [0.2, 0.25) is 0 Å². The van der Waals surface area contributed by atoms with E-state index in [2.05, 4.69) is 31.8 Å². The number of aryl methyl sites for hydroxylation is 1. The van der Waals surface area contributed by atoms with Gasteiger partial charge in [-0.3, -0.25) is 0 Å². The van der Waals surface area contributed by atoms with Crippen LogP contribution in [0, 0.1) is 12.7 Å². The van der Waals surface area contributed by atoms with E-state index in [1.165, 1.54) is 6.07 Å². The quantitative estimate of drug-likeness (QED) is 0.750. The van der Waals surface area contributed by atoms with Crippen LogP contribution in [-0.2, 0) is 0 Å². The second-order valence-corrected chi connectivity index (χ2v) is 6.65. The number of aromatic amines is 1. The van der Waals surface area contributed by atoms with Gasteiger partial charge in [0.2, 0.25) is 0 Å². The number of likely N-dealkylation sites (N-methyl/N-ethyl adjacent to an activating group) is 1. The molecule has 3 aromatic rings. The molecule has 4 rings (SSSR count). The zero-order chi connectivity index (χ0) is 18.3. The van der Waals surface area contributed by atoms with E-state index in [9.17, 15) is 4.39 Å². The summed E-state index contributed by atoms with van der Waals surface area (Å²) >= 11 is 0. The van der Waals surface area contributed by atoms with E-state index >= 15 is 0 Å². The molecular formula is C18H21FN6O. The van der Waals surface area contributed by atoms with Gasteiger partial charge in [-0.1, -0.05) is 0 Å². The van der Waals surface area contributed by atoms with Crippen LogP contribution >= 0.6 is 0 Å². The lowest BCUT2D eigenvalue weighted by atomic mass is 10.2. The summed E-state index contributed by atoms with van der Waals surface area (Å²) in [5, 5.41) is 0.737. The number of nitrogens with two attached hydrogens (primary N) is 1. The number of nitrogens with one attached hydrogen (secondary N) is 1. The van der Waals surface area contributed by atoms with Gasteiger partial charge in [-0.15, -0.1) is 0 Å². The maximum absolute atomic E-state index is 14.3. The number of H-pyrrole nitrogens is 1. The second-order valence-electron chi connectivity index (χ2n) is 6.65. The summed E-state index contributed by atoms with van der Waals surface area (Å²) < 4.78 is 20.0. The van der Waals surface area contributed by atoms with Crippen LogP contribution in [0.25, 0.3) is 10.9 Å². The molecule has 0 saturated carbocycles. The third kappa shape index (κ3) is 3.28.